The summed E-state index contributed by atoms with van der Waals surface area (Å²) < 4.78 is 68.6. The van der Waals surface area contributed by atoms with Gasteiger partial charge in [-0.15, -0.1) is 0 Å². The number of phosphoric acid groups is 2. The minimum Gasteiger partial charge on any atom is -0.462 e. The third kappa shape index (κ3) is 72.8. The van der Waals surface area contributed by atoms with Crippen LogP contribution in [-0.2, 0) is 65.4 Å². The molecule has 99 heavy (non-hydrogen) atoms. The molecule has 0 radical (unpaired) electrons. The molecule has 6 atom stereocenters. The predicted molar refractivity (Wildman–Crippen MR) is 404 cm³/mol. The van der Waals surface area contributed by atoms with Gasteiger partial charge in [-0.25, -0.2) is 9.13 Å². The quantitative estimate of drug-likeness (QED) is 0.0222. The first-order chi connectivity index (χ1) is 47.6. The molecule has 17 nitrogen and oxygen atoms in total. The Morgan fingerprint density at radius 3 is 0.717 bits per heavy atom. The number of aliphatic hydroxyl groups is 1. The summed E-state index contributed by atoms with van der Waals surface area (Å²) in [5.41, 5.74) is 0. The lowest BCUT2D eigenvalue weighted by Crippen LogP contribution is -2.30. The lowest BCUT2D eigenvalue weighted by atomic mass is 9.99. The van der Waals surface area contributed by atoms with Gasteiger partial charge in [-0.2, -0.15) is 0 Å². The molecule has 19 heteroatoms. The van der Waals surface area contributed by atoms with Crippen LogP contribution in [0.25, 0.3) is 0 Å². The van der Waals surface area contributed by atoms with Gasteiger partial charge in [-0.05, 0) is 49.4 Å². The molecule has 0 aromatic heterocycles. The fraction of sp³-hybridized carbons (Fsp3) is 0.950. The van der Waals surface area contributed by atoms with E-state index in [-0.39, 0.29) is 25.7 Å². The number of carbonyl (C=O) groups is 4. The van der Waals surface area contributed by atoms with Crippen molar-refractivity contribution in [2.75, 3.05) is 39.6 Å². The molecule has 4 unspecified atom stereocenters. The van der Waals surface area contributed by atoms with E-state index < -0.39 is 97.5 Å². The predicted octanol–water partition coefficient (Wildman–Crippen LogP) is 23.6. The topological polar surface area (TPSA) is 237 Å². The van der Waals surface area contributed by atoms with E-state index in [1.807, 2.05) is 0 Å². The van der Waals surface area contributed by atoms with Crippen molar-refractivity contribution in [1.29, 1.82) is 0 Å². The number of ether oxygens (including phenoxy) is 4. The molecule has 588 valence electrons. The highest BCUT2D eigenvalue weighted by Crippen LogP contribution is 2.45. The molecule has 0 heterocycles. The highest BCUT2D eigenvalue weighted by Gasteiger charge is 2.30. The summed E-state index contributed by atoms with van der Waals surface area (Å²) in [6.45, 7) is 14.2. The Morgan fingerprint density at radius 1 is 0.283 bits per heavy atom. The van der Waals surface area contributed by atoms with Crippen LogP contribution in [0.1, 0.15) is 409 Å². The first kappa shape index (κ1) is 97.1. The summed E-state index contributed by atoms with van der Waals surface area (Å²) in [7, 11) is -9.92. The van der Waals surface area contributed by atoms with Crippen molar-refractivity contribution in [3.05, 3.63) is 0 Å². The molecule has 0 fully saturated rings. The average molecular weight is 1450 g/mol. The van der Waals surface area contributed by atoms with E-state index in [0.717, 1.165) is 114 Å². The molecular formula is C80H156O17P2. The highest BCUT2D eigenvalue weighted by atomic mass is 31.2. The second-order valence-corrected chi connectivity index (χ2v) is 33.4. The first-order valence-electron chi connectivity index (χ1n) is 41.2. The summed E-state index contributed by atoms with van der Waals surface area (Å²) in [5, 5.41) is 10.6. The molecule has 0 aromatic carbocycles. The fourth-order valence-electron chi connectivity index (χ4n) is 12.2. The number of unbranched alkanes of at least 4 members (excludes halogenated alkanes) is 42. The van der Waals surface area contributed by atoms with Crippen LogP contribution in [0.5, 0.6) is 0 Å². The minimum absolute atomic E-state index is 0.105. The largest absolute Gasteiger partial charge is 0.472 e. The Labute approximate surface area is 607 Å². The van der Waals surface area contributed by atoms with Gasteiger partial charge in [0.25, 0.3) is 0 Å². The van der Waals surface area contributed by atoms with Gasteiger partial charge in [0.05, 0.1) is 26.4 Å². The van der Waals surface area contributed by atoms with Gasteiger partial charge in [0.1, 0.15) is 19.3 Å². The minimum atomic E-state index is -4.96. The molecule has 0 saturated heterocycles. The number of rotatable bonds is 77. The van der Waals surface area contributed by atoms with Crippen LogP contribution >= 0.6 is 15.6 Å². The van der Waals surface area contributed by atoms with Gasteiger partial charge in [-0.3, -0.25) is 37.3 Å². The van der Waals surface area contributed by atoms with Crippen molar-refractivity contribution in [1.82, 2.24) is 0 Å². The van der Waals surface area contributed by atoms with Crippen LogP contribution < -0.4 is 0 Å². The van der Waals surface area contributed by atoms with Gasteiger partial charge < -0.3 is 33.8 Å². The van der Waals surface area contributed by atoms with Gasteiger partial charge in [-0.1, -0.05) is 357 Å². The van der Waals surface area contributed by atoms with Crippen molar-refractivity contribution < 1.29 is 80.2 Å². The van der Waals surface area contributed by atoms with Gasteiger partial charge in [0.15, 0.2) is 12.2 Å². The molecule has 0 saturated carbocycles. The third-order valence-corrected chi connectivity index (χ3v) is 20.8. The normalized spacial score (nSPS) is 14.3. The number of hydrogen-bond acceptors (Lipinski definition) is 15. The number of carbonyl (C=O) groups excluding carboxylic acids is 4. The van der Waals surface area contributed by atoms with Crippen molar-refractivity contribution in [3.8, 4) is 0 Å². The van der Waals surface area contributed by atoms with E-state index in [2.05, 4.69) is 55.4 Å². The second-order valence-electron chi connectivity index (χ2n) is 30.5. The number of hydrogen-bond donors (Lipinski definition) is 3. The Kier molecular flexibility index (Phi) is 67.8. The van der Waals surface area contributed by atoms with Gasteiger partial charge in [0, 0.05) is 25.7 Å². The highest BCUT2D eigenvalue weighted by molar-refractivity contribution is 7.47. The van der Waals surface area contributed by atoms with Crippen LogP contribution in [0.15, 0.2) is 0 Å². The van der Waals surface area contributed by atoms with E-state index in [9.17, 15) is 43.2 Å². The molecule has 0 bridgehead atoms. The summed E-state index contributed by atoms with van der Waals surface area (Å²) in [6.07, 6.45) is 55.6. The summed E-state index contributed by atoms with van der Waals surface area (Å²) in [5.74, 6) is 0.983. The second kappa shape index (κ2) is 69.1. The molecule has 0 aliphatic rings. The lowest BCUT2D eigenvalue weighted by Gasteiger charge is -2.21. The van der Waals surface area contributed by atoms with E-state index in [1.165, 1.54) is 205 Å². The zero-order chi connectivity index (χ0) is 73.1. The number of phosphoric ester groups is 2. The molecule has 0 aromatic rings. The van der Waals surface area contributed by atoms with Crippen LogP contribution in [0.2, 0.25) is 0 Å². The van der Waals surface area contributed by atoms with Crippen molar-refractivity contribution in [2.24, 2.45) is 23.7 Å². The molecule has 0 aliphatic carbocycles. The Bertz CT molecular complexity index is 1940. The zero-order valence-corrected chi connectivity index (χ0v) is 66.9. The lowest BCUT2D eigenvalue weighted by molar-refractivity contribution is -0.161. The van der Waals surface area contributed by atoms with Crippen LogP contribution in [-0.4, -0.2) is 96.7 Å². The molecule has 0 rings (SSSR count). The standard InChI is InChI=1S/C80H156O17P2/c1-9-73(8)59-51-43-35-27-20-16-14-12-10-11-13-15-17-21-29-37-46-54-62-79(84)96-75(66-90-77(82)60-52-44-36-28-24-23-26-33-41-49-57-71(4)5)68-94-98(86,87)92-64-74(81)65-93-99(88,89)95-69-76(67-91-78(83)61-53-45-39-31-34-42-50-58-72(6)7)97-80(85)63-55-47-38-30-22-18-19-25-32-40-48-56-70(2)3/h70-76,81H,9-69H2,1-8H3,(H,86,87)(H,88,89)/t73?,74?,75-,76-/m1/s1. The van der Waals surface area contributed by atoms with E-state index in [0.29, 0.717) is 31.6 Å². The van der Waals surface area contributed by atoms with Crippen molar-refractivity contribution >= 4 is 39.5 Å². The van der Waals surface area contributed by atoms with Crippen LogP contribution in [0.4, 0.5) is 0 Å². The fourth-order valence-corrected chi connectivity index (χ4v) is 13.8. The van der Waals surface area contributed by atoms with Crippen LogP contribution in [0.3, 0.4) is 0 Å². The third-order valence-electron chi connectivity index (χ3n) is 18.9. The van der Waals surface area contributed by atoms with E-state index >= 15 is 0 Å². The smallest absolute Gasteiger partial charge is 0.462 e. The van der Waals surface area contributed by atoms with Gasteiger partial charge >= 0.3 is 39.5 Å². The average Bonchev–Trinajstić information content (AvgIpc) is 1.10. The summed E-state index contributed by atoms with van der Waals surface area (Å²) in [6, 6.07) is 0. The van der Waals surface area contributed by atoms with E-state index in [1.54, 1.807) is 0 Å². The number of esters is 4. The Morgan fingerprint density at radius 2 is 0.485 bits per heavy atom. The molecule has 0 aliphatic heterocycles. The molecular weight excluding hydrogens is 1290 g/mol. The Hall–Kier alpha value is -1.94. The first-order valence-corrected chi connectivity index (χ1v) is 44.2. The zero-order valence-electron chi connectivity index (χ0n) is 65.1. The molecule has 0 amide bonds. The SMILES string of the molecule is CCC(C)CCCCCCCCCCCCCCCCCCCCC(=O)O[C@H](COC(=O)CCCCCCCCCCCCC(C)C)COP(=O)(O)OCC(O)COP(=O)(O)OC[C@@H](COC(=O)CCCCCCCCCC(C)C)OC(=O)CCCCCCCCCCCCCC(C)C. The van der Waals surface area contributed by atoms with E-state index in [4.69, 9.17) is 37.0 Å². The summed E-state index contributed by atoms with van der Waals surface area (Å²) in [4.78, 5) is 72.9. The maximum Gasteiger partial charge on any atom is 0.472 e. The molecule has 0 spiro atoms. The Balaban J connectivity index is 5.21. The van der Waals surface area contributed by atoms with Gasteiger partial charge in [0.2, 0.25) is 0 Å². The number of aliphatic hydroxyl groups excluding tert-OH is 1. The maximum atomic E-state index is 13.1. The molecule has 3 N–H and O–H groups in total. The van der Waals surface area contributed by atoms with Crippen LogP contribution in [0, 0.1) is 23.7 Å². The van der Waals surface area contributed by atoms with Crippen molar-refractivity contribution in [2.45, 2.75) is 427 Å². The van der Waals surface area contributed by atoms with Crippen molar-refractivity contribution in [3.63, 3.8) is 0 Å². The monoisotopic (exact) mass is 1450 g/mol. The summed E-state index contributed by atoms with van der Waals surface area (Å²) >= 11 is 0. The maximum absolute atomic E-state index is 13.1.